The molecule has 4 N–H and O–H groups in total. The minimum Gasteiger partial charge on any atom is -0.508 e. The number of thiophene rings is 1. The first-order chi connectivity index (χ1) is 26.3. The molecule has 1 aliphatic carbocycles. The van der Waals surface area contributed by atoms with Crippen LogP contribution in [0.4, 0.5) is 26.3 Å². The van der Waals surface area contributed by atoms with E-state index in [9.17, 15) is 50.9 Å². The van der Waals surface area contributed by atoms with E-state index in [-0.39, 0.29) is 55.8 Å². The van der Waals surface area contributed by atoms with Gasteiger partial charge in [0, 0.05) is 48.9 Å². The van der Waals surface area contributed by atoms with Gasteiger partial charge in [0.25, 0.3) is 5.91 Å². The number of alkyl halides is 6. The molecule has 2 aromatic heterocycles. The average molecular weight is 818 g/mol. The quantitative estimate of drug-likeness (QED) is 0.148. The van der Waals surface area contributed by atoms with E-state index in [1.807, 2.05) is 13.8 Å². The number of amides is 2. The molecule has 1 saturated heterocycles. The number of phenolic OH excluding ortho intramolecular Hbond substituents is 1. The highest BCUT2D eigenvalue weighted by Gasteiger charge is 2.43. The molecular formula is C39H49F6N3O7S. The smallest absolute Gasteiger partial charge is 0.425 e. The lowest BCUT2D eigenvalue weighted by molar-refractivity contribution is -0.143. The van der Waals surface area contributed by atoms with Gasteiger partial charge in [-0.15, -0.1) is 11.3 Å². The Labute approximate surface area is 325 Å². The van der Waals surface area contributed by atoms with E-state index in [0.29, 0.717) is 42.2 Å². The second-order valence-corrected chi connectivity index (χ2v) is 14.6. The van der Waals surface area contributed by atoms with Gasteiger partial charge in [-0.05, 0) is 63.6 Å². The lowest BCUT2D eigenvalue weighted by Crippen LogP contribution is -2.53. The molecule has 2 fully saturated rings. The van der Waals surface area contributed by atoms with Crippen LogP contribution in [0.15, 0.2) is 54.0 Å². The number of hydrogen-bond acceptors (Lipinski definition) is 8. The Morgan fingerprint density at radius 1 is 0.964 bits per heavy atom. The highest BCUT2D eigenvalue weighted by atomic mass is 32.1. The molecule has 56 heavy (non-hydrogen) atoms. The third kappa shape index (κ3) is 12.1. The van der Waals surface area contributed by atoms with Gasteiger partial charge >= 0.3 is 18.3 Å². The molecule has 0 bridgehead atoms. The van der Waals surface area contributed by atoms with Crippen molar-refractivity contribution in [1.82, 2.24) is 14.8 Å². The molecule has 0 spiro atoms. The van der Waals surface area contributed by atoms with Crippen molar-refractivity contribution >= 4 is 29.1 Å². The zero-order valence-corrected chi connectivity index (χ0v) is 32.3. The maximum absolute atomic E-state index is 13.7. The number of carbonyl (C=O) groups is 3. The number of phenols is 1. The molecule has 2 amide bonds. The minimum absolute atomic E-state index is 0.00549. The number of likely N-dealkylation sites (tertiary alicyclic amines) is 1. The Balaban J connectivity index is 0.000000378. The standard InChI is InChI=1S/C28H36F3N3O4.C6H10O2.C5H3F3OS/c1-4-10-22(34(6-3)26(37)24-21(28(29,30)31)12-9-16-32-24)19(5-2)25(36)33-17-14-27(38,15-18-33)20-11-7-8-13-23(20)35;7-6(8)5-3-1-2-4-5;6-5(7,8)4-1-3(9)2-10-4/h7-9,11-13,16,19,22,35,38H,4-6,10,14-15,17-18H2,1-3H3;5H,1-4H2,(H,7,8);1-2,9H. The fourth-order valence-electron chi connectivity index (χ4n) is 7.07. The van der Waals surface area contributed by atoms with Crippen LogP contribution in [0.5, 0.6) is 11.5 Å². The maximum Gasteiger partial charge on any atom is 0.425 e. The summed E-state index contributed by atoms with van der Waals surface area (Å²) in [6.45, 7) is 6.02. The van der Waals surface area contributed by atoms with E-state index in [0.717, 1.165) is 49.4 Å². The number of pyridine rings is 1. The van der Waals surface area contributed by atoms with Crippen molar-refractivity contribution in [3.05, 3.63) is 75.7 Å². The third-order valence-electron chi connectivity index (χ3n) is 10.0. The predicted octanol–water partition coefficient (Wildman–Crippen LogP) is 8.71. The van der Waals surface area contributed by atoms with Gasteiger partial charge in [-0.1, -0.05) is 51.3 Å². The van der Waals surface area contributed by atoms with Gasteiger partial charge in [-0.3, -0.25) is 19.4 Å². The molecule has 0 radical (unpaired) electrons. The van der Waals surface area contributed by atoms with Gasteiger partial charge in [-0.2, -0.15) is 26.3 Å². The first-order valence-corrected chi connectivity index (χ1v) is 19.4. The van der Waals surface area contributed by atoms with Gasteiger partial charge in [0.15, 0.2) is 0 Å². The molecule has 1 aromatic carbocycles. The van der Waals surface area contributed by atoms with Crippen LogP contribution in [0.2, 0.25) is 0 Å². The highest BCUT2D eigenvalue weighted by molar-refractivity contribution is 7.10. The monoisotopic (exact) mass is 817 g/mol. The number of piperidine rings is 1. The average Bonchev–Trinajstić information content (AvgIpc) is 3.86. The third-order valence-corrected chi connectivity index (χ3v) is 11.0. The van der Waals surface area contributed by atoms with Gasteiger partial charge in [0.2, 0.25) is 5.91 Å². The van der Waals surface area contributed by atoms with Crippen molar-refractivity contribution in [2.45, 2.75) is 103 Å². The van der Waals surface area contributed by atoms with E-state index < -0.39 is 57.9 Å². The number of aromatic hydroxyl groups is 2. The van der Waals surface area contributed by atoms with Crippen LogP contribution >= 0.6 is 11.3 Å². The summed E-state index contributed by atoms with van der Waals surface area (Å²) in [6.07, 6.45) is -1.99. The van der Waals surface area contributed by atoms with Crippen molar-refractivity contribution in [2.24, 2.45) is 11.8 Å². The molecule has 310 valence electrons. The number of carboxylic acid groups (broad SMARTS) is 1. The van der Waals surface area contributed by atoms with Gasteiger partial charge < -0.3 is 30.2 Å². The zero-order valence-electron chi connectivity index (χ0n) is 31.4. The van der Waals surface area contributed by atoms with Crippen LogP contribution in [0.3, 0.4) is 0 Å². The van der Waals surface area contributed by atoms with Crippen LogP contribution in [-0.2, 0) is 27.5 Å². The number of carboxylic acids is 1. The van der Waals surface area contributed by atoms with Gasteiger partial charge in [0.1, 0.15) is 22.1 Å². The van der Waals surface area contributed by atoms with Crippen molar-refractivity contribution in [1.29, 1.82) is 0 Å². The highest BCUT2D eigenvalue weighted by Crippen LogP contribution is 2.39. The largest absolute Gasteiger partial charge is 0.508 e. The number of nitrogens with zero attached hydrogens (tertiary/aromatic N) is 3. The number of halogens is 6. The van der Waals surface area contributed by atoms with E-state index in [1.165, 1.54) is 11.0 Å². The number of hydrogen-bond donors (Lipinski definition) is 4. The SMILES string of the molecule is CCCC(C(CC)C(=O)N1CCC(O)(c2ccccc2O)CC1)N(CC)C(=O)c1ncccc1C(F)(F)F.O=C(O)C1CCCC1.Oc1csc(C(F)(F)F)c1. The molecule has 1 saturated carbocycles. The van der Waals surface area contributed by atoms with Crippen molar-refractivity contribution in [2.75, 3.05) is 19.6 Å². The van der Waals surface area contributed by atoms with E-state index in [1.54, 1.807) is 30.0 Å². The Morgan fingerprint density at radius 2 is 1.59 bits per heavy atom. The predicted molar refractivity (Wildman–Crippen MR) is 197 cm³/mol. The lowest BCUT2D eigenvalue weighted by atomic mass is 9.83. The number of benzene rings is 1. The maximum atomic E-state index is 13.7. The second kappa shape index (κ2) is 20.2. The molecule has 10 nitrogen and oxygen atoms in total. The molecule has 3 aromatic rings. The Morgan fingerprint density at radius 3 is 2.04 bits per heavy atom. The number of para-hydroxylation sites is 1. The topological polar surface area (TPSA) is 152 Å². The lowest BCUT2D eigenvalue weighted by Gasteiger charge is -2.42. The number of rotatable bonds is 10. The summed E-state index contributed by atoms with van der Waals surface area (Å²) in [5.41, 5.74) is -2.62. The van der Waals surface area contributed by atoms with Crippen LogP contribution in [0.1, 0.15) is 105 Å². The zero-order chi connectivity index (χ0) is 41.8. The fourth-order valence-corrected chi connectivity index (χ4v) is 7.70. The van der Waals surface area contributed by atoms with E-state index >= 15 is 0 Å². The summed E-state index contributed by atoms with van der Waals surface area (Å²) in [4.78, 5) is 43.4. The first-order valence-electron chi connectivity index (χ1n) is 18.5. The van der Waals surface area contributed by atoms with Crippen molar-refractivity contribution in [3.8, 4) is 11.5 Å². The van der Waals surface area contributed by atoms with Crippen LogP contribution < -0.4 is 0 Å². The first kappa shape index (κ1) is 46.0. The van der Waals surface area contributed by atoms with E-state index in [2.05, 4.69) is 4.98 Å². The van der Waals surface area contributed by atoms with Crippen molar-refractivity contribution in [3.63, 3.8) is 0 Å². The number of aromatic nitrogens is 1. The molecule has 1 aliphatic heterocycles. The minimum atomic E-state index is -4.74. The summed E-state index contributed by atoms with van der Waals surface area (Å²) in [5, 5.41) is 39.4. The molecule has 2 atom stereocenters. The summed E-state index contributed by atoms with van der Waals surface area (Å²) in [7, 11) is 0. The number of carbonyl (C=O) groups excluding carboxylic acids is 2. The summed E-state index contributed by atoms with van der Waals surface area (Å²) in [6, 6.07) is 8.64. The molecule has 3 heterocycles. The normalized spacial score (nSPS) is 16.8. The van der Waals surface area contributed by atoms with Crippen LogP contribution in [0, 0.1) is 11.8 Å². The summed E-state index contributed by atoms with van der Waals surface area (Å²) >= 11 is 0.481. The summed E-state index contributed by atoms with van der Waals surface area (Å²) in [5.74, 6) is -2.65. The Kier molecular flexibility index (Phi) is 16.6. The molecule has 2 aliphatic rings. The number of aliphatic carboxylic acids is 1. The molecular weight excluding hydrogens is 768 g/mol. The molecule has 2 unspecified atom stereocenters. The Bertz CT molecular complexity index is 1740. The molecule has 5 rings (SSSR count). The Hall–Kier alpha value is -4.38. The fraction of sp³-hybridized carbons (Fsp3) is 0.538. The summed E-state index contributed by atoms with van der Waals surface area (Å²) < 4.78 is 76.0. The van der Waals surface area contributed by atoms with Crippen molar-refractivity contribution < 1.29 is 61.2 Å². The van der Waals surface area contributed by atoms with Crippen LogP contribution in [-0.4, -0.2) is 78.7 Å². The number of aliphatic hydroxyl groups is 1. The molecule has 17 heteroatoms. The van der Waals surface area contributed by atoms with E-state index in [4.69, 9.17) is 10.2 Å². The van der Waals surface area contributed by atoms with Crippen LogP contribution in [0.25, 0.3) is 0 Å². The van der Waals surface area contributed by atoms with Gasteiger partial charge in [0.05, 0.1) is 23.0 Å². The second-order valence-electron chi connectivity index (χ2n) is 13.7. The van der Waals surface area contributed by atoms with Gasteiger partial charge in [-0.25, -0.2) is 0 Å².